The lowest BCUT2D eigenvalue weighted by atomic mass is 9.75. The Morgan fingerprint density at radius 2 is 1.67 bits per heavy atom. The minimum atomic E-state index is -1.05. The molecule has 7 rings (SSSR count). The number of carboxylic acid groups (broad SMARTS) is 1. The maximum Gasteiger partial charge on any atom is 0.328 e. The van der Waals surface area contributed by atoms with Crippen molar-refractivity contribution >= 4 is 46.4 Å². The third-order valence-corrected chi connectivity index (χ3v) is 10.4. The molecule has 2 saturated carbocycles. The molecular weight excluding hydrogens is 618 g/mol. The minimum absolute atomic E-state index is 0.0652. The Morgan fingerprint density at radius 1 is 0.918 bits per heavy atom. The molecule has 2 aromatic carbocycles. The zero-order chi connectivity index (χ0) is 34.0. The zero-order valence-corrected chi connectivity index (χ0v) is 27.5. The van der Waals surface area contributed by atoms with Gasteiger partial charge in [0.15, 0.2) is 0 Å². The van der Waals surface area contributed by atoms with Crippen LogP contribution >= 0.6 is 0 Å². The van der Waals surface area contributed by atoms with E-state index in [9.17, 15) is 19.2 Å². The van der Waals surface area contributed by atoms with Crippen LogP contribution < -0.4 is 10.6 Å². The van der Waals surface area contributed by atoms with E-state index in [4.69, 9.17) is 10.1 Å². The molecule has 3 amide bonds. The van der Waals surface area contributed by atoms with Gasteiger partial charge in [-0.1, -0.05) is 37.1 Å². The first-order chi connectivity index (χ1) is 23.8. The predicted octanol–water partition coefficient (Wildman–Crippen LogP) is 6.37. The number of carboxylic acids is 1. The van der Waals surface area contributed by atoms with E-state index in [2.05, 4.69) is 15.2 Å². The molecule has 0 atom stereocenters. The van der Waals surface area contributed by atoms with Crippen molar-refractivity contribution in [2.24, 2.45) is 0 Å². The van der Waals surface area contributed by atoms with Crippen molar-refractivity contribution in [1.82, 2.24) is 19.8 Å². The third-order valence-electron chi connectivity index (χ3n) is 10.4. The summed E-state index contributed by atoms with van der Waals surface area (Å²) in [5.74, 6) is -1.26. The summed E-state index contributed by atoms with van der Waals surface area (Å²) in [6.45, 7) is 1.68. The van der Waals surface area contributed by atoms with Crippen LogP contribution in [0.1, 0.15) is 85.2 Å². The van der Waals surface area contributed by atoms with Gasteiger partial charge in [0.25, 0.3) is 5.91 Å². The van der Waals surface area contributed by atoms with Crippen molar-refractivity contribution < 1.29 is 24.3 Å². The van der Waals surface area contributed by atoms with Gasteiger partial charge in [-0.05, 0) is 104 Å². The number of aromatic nitrogens is 2. The third kappa shape index (κ3) is 6.60. The van der Waals surface area contributed by atoms with Crippen LogP contribution in [-0.2, 0) is 20.9 Å². The lowest BCUT2D eigenvalue weighted by Gasteiger charge is -2.40. The first-order valence-corrected chi connectivity index (χ1v) is 17.3. The molecule has 0 unspecified atom stereocenters. The lowest BCUT2D eigenvalue weighted by molar-refractivity contribution is -0.132. The standard InChI is InChI=1S/C39H41N5O5/c45-33(43-22-5-6-23-43)25-44-32-24-28(14-17-30(32)35(27-8-1-2-9-27)36(44)31-10-3-4-21-40-31)37(48)42-39(19-7-20-39)38(49)41-29-15-11-26(12-16-29)13-18-34(46)47/h3-4,10-18,21,24,27H,1-2,5-9,19-20,22-23,25H2,(H,41,49)(H,42,48)(H,46,47)/b18-13+. The number of pyridine rings is 1. The van der Waals surface area contributed by atoms with Crippen molar-refractivity contribution in [3.63, 3.8) is 0 Å². The van der Waals surface area contributed by atoms with Crippen LogP contribution in [0.15, 0.2) is 72.9 Å². The largest absolute Gasteiger partial charge is 0.478 e. The van der Waals surface area contributed by atoms with Crippen molar-refractivity contribution in [2.75, 3.05) is 18.4 Å². The minimum Gasteiger partial charge on any atom is -0.478 e. The molecular formula is C39H41N5O5. The molecule has 2 aliphatic carbocycles. The fraction of sp³-hybridized carbons (Fsp3) is 0.359. The zero-order valence-electron chi connectivity index (χ0n) is 27.5. The fourth-order valence-electron chi connectivity index (χ4n) is 7.61. The Hall–Kier alpha value is -5.25. The molecule has 1 aliphatic heterocycles. The van der Waals surface area contributed by atoms with E-state index in [-0.39, 0.29) is 24.3 Å². The smallest absolute Gasteiger partial charge is 0.328 e. The molecule has 3 N–H and O–H groups in total. The molecule has 10 heteroatoms. The number of fused-ring (bicyclic) bond motifs is 1. The van der Waals surface area contributed by atoms with Crippen LogP contribution in [0.25, 0.3) is 28.4 Å². The Bertz CT molecular complexity index is 1910. The van der Waals surface area contributed by atoms with Crippen LogP contribution in [0.3, 0.4) is 0 Å². The van der Waals surface area contributed by atoms with Crippen LogP contribution in [0.5, 0.6) is 0 Å². The quantitative estimate of drug-likeness (QED) is 0.170. The van der Waals surface area contributed by atoms with Gasteiger partial charge in [-0.3, -0.25) is 19.4 Å². The van der Waals surface area contributed by atoms with Crippen LogP contribution in [0.4, 0.5) is 5.69 Å². The molecule has 10 nitrogen and oxygen atoms in total. The van der Waals surface area contributed by atoms with Gasteiger partial charge < -0.3 is 25.2 Å². The second kappa shape index (κ2) is 13.7. The second-order valence-electron chi connectivity index (χ2n) is 13.5. The first-order valence-electron chi connectivity index (χ1n) is 17.3. The summed E-state index contributed by atoms with van der Waals surface area (Å²) in [5.41, 5.74) is 4.43. The SMILES string of the molecule is O=C(O)/C=C/c1ccc(NC(=O)C2(NC(=O)c3ccc4c(C5CCCC5)c(-c5ccccn5)n(CC(=O)N5CCCC5)c4c3)CCC2)cc1. The summed E-state index contributed by atoms with van der Waals surface area (Å²) in [4.78, 5) is 58.7. The van der Waals surface area contributed by atoms with Crippen molar-refractivity contribution in [3.05, 3.63) is 89.6 Å². The van der Waals surface area contributed by atoms with Crippen LogP contribution in [0, 0.1) is 0 Å². The van der Waals surface area contributed by atoms with Crippen LogP contribution in [-0.4, -0.2) is 61.9 Å². The van der Waals surface area contributed by atoms with Gasteiger partial charge >= 0.3 is 5.97 Å². The van der Waals surface area contributed by atoms with E-state index >= 15 is 0 Å². The molecule has 3 aliphatic rings. The van der Waals surface area contributed by atoms with Crippen molar-refractivity contribution in [1.29, 1.82) is 0 Å². The topological polar surface area (TPSA) is 134 Å². The predicted molar refractivity (Wildman–Crippen MR) is 188 cm³/mol. The molecule has 4 aromatic rings. The van der Waals surface area contributed by atoms with Gasteiger partial charge in [0.05, 0.1) is 16.9 Å². The van der Waals surface area contributed by atoms with E-state index < -0.39 is 11.5 Å². The number of nitrogens with zero attached hydrogens (tertiary/aromatic N) is 3. The fourth-order valence-corrected chi connectivity index (χ4v) is 7.61. The second-order valence-corrected chi connectivity index (χ2v) is 13.5. The summed E-state index contributed by atoms with van der Waals surface area (Å²) < 4.78 is 2.07. The Balaban J connectivity index is 1.20. The number of hydrogen-bond donors (Lipinski definition) is 3. The van der Waals surface area contributed by atoms with Crippen molar-refractivity contribution in [3.8, 4) is 11.4 Å². The van der Waals surface area contributed by atoms with Gasteiger partial charge in [0.1, 0.15) is 12.1 Å². The highest BCUT2D eigenvalue weighted by Crippen LogP contribution is 2.45. The number of carbonyl (C=O) groups is 4. The van der Waals surface area contributed by atoms with Gasteiger partial charge in [-0.25, -0.2) is 4.79 Å². The highest BCUT2D eigenvalue weighted by atomic mass is 16.4. The summed E-state index contributed by atoms with van der Waals surface area (Å²) in [7, 11) is 0. The Morgan fingerprint density at radius 3 is 2.33 bits per heavy atom. The maximum atomic E-state index is 13.9. The number of likely N-dealkylation sites (tertiary alicyclic amines) is 1. The number of rotatable bonds is 10. The number of benzene rings is 2. The van der Waals surface area contributed by atoms with E-state index in [1.165, 1.54) is 11.6 Å². The first kappa shape index (κ1) is 32.3. The average Bonchev–Trinajstić information content (AvgIpc) is 3.88. The number of hydrogen-bond acceptors (Lipinski definition) is 5. The molecule has 2 aromatic heterocycles. The van der Waals surface area contributed by atoms with Gasteiger partial charge in [0.2, 0.25) is 11.8 Å². The lowest BCUT2D eigenvalue weighted by Crippen LogP contribution is -2.61. The van der Waals surface area contributed by atoms with Crippen LogP contribution in [0.2, 0.25) is 0 Å². The molecule has 3 heterocycles. The highest BCUT2D eigenvalue weighted by molar-refractivity contribution is 6.06. The number of anilines is 1. The molecule has 0 radical (unpaired) electrons. The van der Waals surface area contributed by atoms with Crippen molar-refractivity contribution in [2.45, 2.75) is 75.8 Å². The Kier molecular flexibility index (Phi) is 9.03. The van der Waals surface area contributed by atoms with E-state index in [0.29, 0.717) is 35.6 Å². The van der Waals surface area contributed by atoms with Gasteiger partial charge in [0, 0.05) is 42.0 Å². The van der Waals surface area contributed by atoms with E-state index in [1.807, 2.05) is 41.3 Å². The summed E-state index contributed by atoms with van der Waals surface area (Å²) in [6.07, 6.45) is 12.6. The number of carbonyl (C=O) groups excluding carboxylic acids is 3. The maximum absolute atomic E-state index is 13.9. The number of nitrogens with one attached hydrogen (secondary N) is 2. The number of amides is 3. The molecule has 252 valence electrons. The number of aliphatic carboxylic acids is 1. The van der Waals surface area contributed by atoms with Gasteiger partial charge in [-0.2, -0.15) is 0 Å². The summed E-state index contributed by atoms with van der Waals surface area (Å²) in [5, 5.41) is 15.9. The molecule has 0 spiro atoms. The van der Waals surface area contributed by atoms with E-state index in [0.717, 1.165) is 86.4 Å². The Labute approximate surface area is 285 Å². The summed E-state index contributed by atoms with van der Waals surface area (Å²) >= 11 is 0. The molecule has 1 saturated heterocycles. The van der Waals surface area contributed by atoms with E-state index in [1.54, 1.807) is 30.5 Å². The summed E-state index contributed by atoms with van der Waals surface area (Å²) in [6, 6.07) is 18.4. The normalized spacial score (nSPS) is 17.3. The average molecular weight is 660 g/mol. The molecule has 3 fully saturated rings. The molecule has 49 heavy (non-hydrogen) atoms. The van der Waals surface area contributed by atoms with Gasteiger partial charge in [-0.15, -0.1) is 0 Å². The molecule has 0 bridgehead atoms. The highest BCUT2D eigenvalue weighted by Gasteiger charge is 2.45. The monoisotopic (exact) mass is 659 g/mol.